The molecule has 1 fully saturated rings. The van der Waals surface area contributed by atoms with Crippen molar-refractivity contribution in [3.8, 4) is 22.8 Å². The minimum absolute atomic E-state index is 0.154. The van der Waals surface area contributed by atoms with Crippen LogP contribution in [-0.2, 0) is 35.6 Å². The van der Waals surface area contributed by atoms with Crippen LogP contribution in [0.5, 0.6) is 0 Å². The molecular weight excluding hydrogens is 446 g/mol. The number of ether oxygens (including phenoxy) is 1. The van der Waals surface area contributed by atoms with Gasteiger partial charge in [0.05, 0.1) is 30.5 Å². The monoisotopic (exact) mass is 479 g/mol. The van der Waals surface area contributed by atoms with E-state index in [4.69, 9.17) is 19.4 Å². The highest BCUT2D eigenvalue weighted by Crippen LogP contribution is 2.30. The maximum absolute atomic E-state index is 10.9. The number of carboxylic acid groups (broad SMARTS) is 1. The molecule has 2 aromatic heterocycles. The second kappa shape index (κ2) is 10.7. The largest absolute Gasteiger partial charge is 0.481 e. The third-order valence-corrected chi connectivity index (χ3v) is 7.24. The van der Waals surface area contributed by atoms with Gasteiger partial charge in [-0.1, -0.05) is 36.6 Å². The quantitative estimate of drug-likeness (QED) is 0.488. The number of methoxy groups -OCH3 is 1. The summed E-state index contributed by atoms with van der Waals surface area (Å²) >= 11 is 0. The molecule has 0 bridgehead atoms. The number of benzene rings is 1. The molecule has 3 heterocycles. The van der Waals surface area contributed by atoms with Crippen molar-refractivity contribution >= 4 is 5.97 Å². The number of rotatable bonds is 9. The van der Waals surface area contributed by atoms with Crippen LogP contribution < -0.4 is 0 Å². The third-order valence-electron chi connectivity index (χ3n) is 7.24. The van der Waals surface area contributed by atoms with Crippen molar-refractivity contribution in [2.45, 2.75) is 64.6 Å². The maximum atomic E-state index is 10.9. The van der Waals surface area contributed by atoms with Gasteiger partial charge < -0.3 is 14.4 Å². The van der Waals surface area contributed by atoms with Gasteiger partial charge in [-0.3, -0.25) is 14.4 Å². The highest BCUT2D eigenvalue weighted by Gasteiger charge is 2.23. The van der Waals surface area contributed by atoms with Gasteiger partial charge in [0, 0.05) is 38.9 Å². The van der Waals surface area contributed by atoms with E-state index in [0.717, 1.165) is 42.9 Å². The van der Waals surface area contributed by atoms with Gasteiger partial charge in [-0.25, -0.2) is 0 Å². The lowest BCUT2D eigenvalue weighted by molar-refractivity contribution is -0.137. The first-order chi connectivity index (χ1) is 17.1. The Labute approximate surface area is 205 Å². The average Bonchev–Trinajstić information content (AvgIpc) is 3.51. The number of carbonyl (C=O) groups is 1. The first-order valence-electron chi connectivity index (χ1n) is 12.5. The van der Waals surface area contributed by atoms with E-state index < -0.39 is 5.97 Å². The Morgan fingerprint density at radius 3 is 2.89 bits per heavy atom. The van der Waals surface area contributed by atoms with E-state index in [-0.39, 0.29) is 6.42 Å². The van der Waals surface area contributed by atoms with E-state index in [1.807, 2.05) is 16.9 Å². The number of hydrogen-bond acceptors (Lipinski definition) is 7. The molecule has 1 aliphatic carbocycles. The van der Waals surface area contributed by atoms with Crippen molar-refractivity contribution in [1.82, 2.24) is 24.8 Å². The van der Waals surface area contributed by atoms with E-state index in [9.17, 15) is 4.79 Å². The molecule has 1 aliphatic heterocycles. The predicted octanol–water partition coefficient (Wildman–Crippen LogP) is 4.16. The molecular formula is C26H33N5O4. The summed E-state index contributed by atoms with van der Waals surface area (Å²) in [6, 6.07) is 6.25. The van der Waals surface area contributed by atoms with Crippen molar-refractivity contribution in [3.63, 3.8) is 0 Å². The van der Waals surface area contributed by atoms with Gasteiger partial charge in [-0.2, -0.15) is 10.1 Å². The molecule has 0 radical (unpaired) electrons. The topological polar surface area (TPSA) is 107 Å². The van der Waals surface area contributed by atoms with Crippen LogP contribution >= 0.6 is 0 Å². The van der Waals surface area contributed by atoms with Crippen LogP contribution in [0.4, 0.5) is 0 Å². The molecule has 1 aromatic carbocycles. The summed E-state index contributed by atoms with van der Waals surface area (Å²) in [5.74, 6) is 0.867. The summed E-state index contributed by atoms with van der Waals surface area (Å²) in [5, 5.41) is 17.9. The molecule has 0 atom stereocenters. The smallest absolute Gasteiger partial charge is 0.304 e. The van der Waals surface area contributed by atoms with Gasteiger partial charge in [0.25, 0.3) is 5.89 Å². The Morgan fingerprint density at radius 1 is 1.23 bits per heavy atom. The Bertz CT molecular complexity index is 1160. The first-order valence-corrected chi connectivity index (χ1v) is 12.5. The molecule has 0 spiro atoms. The van der Waals surface area contributed by atoms with Crippen LogP contribution in [0.25, 0.3) is 22.8 Å². The Morgan fingerprint density at radius 2 is 2.09 bits per heavy atom. The Balaban J connectivity index is 1.35. The number of nitrogens with zero attached hydrogens (tertiary/aromatic N) is 5. The molecule has 9 heteroatoms. The zero-order valence-electron chi connectivity index (χ0n) is 20.3. The zero-order chi connectivity index (χ0) is 24.2. The minimum atomic E-state index is -0.765. The van der Waals surface area contributed by atoms with Crippen molar-refractivity contribution in [3.05, 3.63) is 41.2 Å². The molecule has 0 unspecified atom stereocenters. The number of aliphatic carboxylic acids is 1. The zero-order valence-corrected chi connectivity index (χ0v) is 20.3. The molecule has 0 amide bonds. The van der Waals surface area contributed by atoms with Gasteiger partial charge in [-0.05, 0) is 42.4 Å². The fraction of sp³-hybridized carbons (Fsp3) is 0.538. The summed E-state index contributed by atoms with van der Waals surface area (Å²) in [6.07, 6.45) is 9.29. The van der Waals surface area contributed by atoms with Crippen LogP contribution in [0.1, 0.15) is 55.3 Å². The molecule has 9 nitrogen and oxygen atoms in total. The van der Waals surface area contributed by atoms with Crippen LogP contribution in [0.15, 0.2) is 28.9 Å². The van der Waals surface area contributed by atoms with Crippen molar-refractivity contribution < 1.29 is 19.2 Å². The molecule has 3 aromatic rings. The standard InChI is InChI=1S/C26H33N5O4/c1-34-17-23-22(14-27-31(23)15-18-5-3-2-4-6-18)26-28-25(29-35-26)20-8-7-19-9-11-30(12-10-24(32)33)16-21(19)13-20/h7-8,13-14,18H,2-6,9-12,15-17H2,1H3,(H,32,33). The molecule has 1 saturated carbocycles. The lowest BCUT2D eigenvalue weighted by Gasteiger charge is -2.28. The predicted molar refractivity (Wildman–Crippen MR) is 129 cm³/mol. The Hall–Kier alpha value is -3.04. The van der Waals surface area contributed by atoms with Gasteiger partial charge in [0.15, 0.2) is 0 Å². The van der Waals surface area contributed by atoms with Crippen molar-refractivity contribution in [2.75, 3.05) is 20.2 Å². The lowest BCUT2D eigenvalue weighted by Crippen LogP contribution is -2.32. The highest BCUT2D eigenvalue weighted by atomic mass is 16.5. The second-order valence-electron chi connectivity index (χ2n) is 9.70. The van der Waals surface area contributed by atoms with Gasteiger partial charge in [-0.15, -0.1) is 0 Å². The number of fused-ring (bicyclic) bond motifs is 1. The molecule has 186 valence electrons. The average molecular weight is 480 g/mol. The number of hydrogen-bond donors (Lipinski definition) is 1. The van der Waals surface area contributed by atoms with E-state index >= 15 is 0 Å². The van der Waals surface area contributed by atoms with Crippen LogP contribution in [0.3, 0.4) is 0 Å². The third kappa shape index (κ3) is 5.46. The first kappa shape index (κ1) is 23.7. The summed E-state index contributed by atoms with van der Waals surface area (Å²) in [5.41, 5.74) is 5.15. The van der Waals surface area contributed by atoms with E-state index in [0.29, 0.717) is 30.8 Å². The van der Waals surface area contributed by atoms with Gasteiger partial charge >= 0.3 is 5.97 Å². The van der Waals surface area contributed by atoms with Crippen LogP contribution in [0.2, 0.25) is 0 Å². The maximum Gasteiger partial charge on any atom is 0.304 e. The molecule has 5 rings (SSSR count). The summed E-state index contributed by atoms with van der Waals surface area (Å²) in [6.45, 7) is 3.48. The fourth-order valence-corrected chi connectivity index (χ4v) is 5.30. The van der Waals surface area contributed by atoms with Crippen LogP contribution in [0, 0.1) is 5.92 Å². The van der Waals surface area contributed by atoms with E-state index in [2.05, 4.69) is 27.3 Å². The molecule has 35 heavy (non-hydrogen) atoms. The van der Waals surface area contributed by atoms with Crippen molar-refractivity contribution in [1.29, 1.82) is 0 Å². The summed E-state index contributed by atoms with van der Waals surface area (Å²) in [7, 11) is 1.69. The van der Waals surface area contributed by atoms with Gasteiger partial charge in [0.1, 0.15) is 0 Å². The number of carboxylic acids is 1. The van der Waals surface area contributed by atoms with Crippen molar-refractivity contribution in [2.24, 2.45) is 5.92 Å². The van der Waals surface area contributed by atoms with E-state index in [1.165, 1.54) is 43.2 Å². The van der Waals surface area contributed by atoms with Crippen LogP contribution in [-0.4, -0.2) is 56.1 Å². The second-order valence-corrected chi connectivity index (χ2v) is 9.70. The molecule has 0 saturated heterocycles. The normalized spacial score (nSPS) is 16.9. The molecule has 1 N–H and O–H groups in total. The summed E-state index contributed by atoms with van der Waals surface area (Å²) in [4.78, 5) is 17.8. The fourth-order valence-electron chi connectivity index (χ4n) is 5.30. The molecule has 2 aliphatic rings. The van der Waals surface area contributed by atoms with E-state index in [1.54, 1.807) is 7.11 Å². The Kier molecular flexibility index (Phi) is 7.24. The summed E-state index contributed by atoms with van der Waals surface area (Å²) < 4.78 is 13.2. The SMILES string of the molecule is COCc1c(-c2nc(-c3ccc4c(c3)CN(CCC(=O)O)CC4)no2)cnn1CC1CCCCC1. The lowest BCUT2D eigenvalue weighted by atomic mass is 9.89. The highest BCUT2D eigenvalue weighted by molar-refractivity contribution is 5.67. The minimum Gasteiger partial charge on any atom is -0.481 e. The van der Waals surface area contributed by atoms with Gasteiger partial charge in [0.2, 0.25) is 5.82 Å². The number of aromatic nitrogens is 4.